The number of aromatic nitrogens is 3. The third-order valence-electron chi connectivity index (χ3n) is 3.36. The van der Waals surface area contributed by atoms with E-state index in [-0.39, 0.29) is 5.82 Å². The largest absolute Gasteiger partial charge is 0.339 e. The van der Waals surface area contributed by atoms with Crippen LogP contribution in [0.2, 0.25) is 0 Å². The van der Waals surface area contributed by atoms with Crippen molar-refractivity contribution in [3.63, 3.8) is 0 Å². The SMILES string of the molecule is Fc1ccc(-c2ncc3c(n2)[nH]c2ccccc23)cc1. The fourth-order valence-electron chi connectivity index (χ4n) is 2.37. The van der Waals surface area contributed by atoms with Crippen LogP contribution in [-0.2, 0) is 0 Å². The molecule has 2 aromatic heterocycles. The Morgan fingerprint density at radius 3 is 2.55 bits per heavy atom. The molecular formula is C16H10FN3. The van der Waals surface area contributed by atoms with E-state index >= 15 is 0 Å². The van der Waals surface area contributed by atoms with Crippen molar-refractivity contribution in [2.45, 2.75) is 0 Å². The Morgan fingerprint density at radius 1 is 0.900 bits per heavy atom. The van der Waals surface area contributed by atoms with Gasteiger partial charge in [0.25, 0.3) is 0 Å². The van der Waals surface area contributed by atoms with Crippen molar-refractivity contribution in [3.8, 4) is 11.4 Å². The van der Waals surface area contributed by atoms with Crippen LogP contribution in [0.5, 0.6) is 0 Å². The second-order valence-electron chi connectivity index (χ2n) is 4.63. The fraction of sp³-hybridized carbons (Fsp3) is 0. The van der Waals surface area contributed by atoms with E-state index in [1.807, 2.05) is 24.3 Å². The second kappa shape index (κ2) is 4.13. The average molecular weight is 263 g/mol. The van der Waals surface area contributed by atoms with Crippen LogP contribution in [0.25, 0.3) is 33.3 Å². The summed E-state index contributed by atoms with van der Waals surface area (Å²) in [6, 6.07) is 14.2. The quantitative estimate of drug-likeness (QED) is 0.565. The number of hydrogen-bond acceptors (Lipinski definition) is 2. The van der Waals surface area contributed by atoms with Gasteiger partial charge in [-0.15, -0.1) is 0 Å². The molecule has 0 fully saturated rings. The second-order valence-corrected chi connectivity index (χ2v) is 4.63. The summed E-state index contributed by atoms with van der Waals surface area (Å²) in [6.45, 7) is 0. The standard InChI is InChI=1S/C16H10FN3/c17-11-7-5-10(6-8-11)15-18-9-13-12-3-1-2-4-14(12)19-16(13)20-15/h1-9H,(H,18,19,20). The molecule has 4 heteroatoms. The maximum Gasteiger partial charge on any atom is 0.161 e. The van der Waals surface area contributed by atoms with Crippen molar-refractivity contribution in [3.05, 3.63) is 60.5 Å². The molecule has 0 saturated heterocycles. The van der Waals surface area contributed by atoms with Gasteiger partial charge >= 0.3 is 0 Å². The molecule has 1 N–H and O–H groups in total. The molecule has 4 aromatic rings. The highest BCUT2D eigenvalue weighted by molar-refractivity contribution is 6.05. The van der Waals surface area contributed by atoms with E-state index in [4.69, 9.17) is 0 Å². The highest BCUT2D eigenvalue weighted by Gasteiger charge is 2.08. The lowest BCUT2D eigenvalue weighted by Crippen LogP contribution is -1.89. The molecule has 0 amide bonds. The lowest BCUT2D eigenvalue weighted by molar-refractivity contribution is 0.628. The Bertz CT molecular complexity index is 910. The van der Waals surface area contributed by atoms with Gasteiger partial charge in [0.2, 0.25) is 0 Å². The van der Waals surface area contributed by atoms with Crippen LogP contribution in [0.4, 0.5) is 4.39 Å². The number of benzene rings is 2. The zero-order valence-electron chi connectivity index (χ0n) is 10.5. The van der Waals surface area contributed by atoms with Gasteiger partial charge in [-0.05, 0) is 30.3 Å². The molecule has 0 bridgehead atoms. The molecule has 20 heavy (non-hydrogen) atoms. The maximum atomic E-state index is 12.9. The van der Waals surface area contributed by atoms with Crippen LogP contribution in [0.1, 0.15) is 0 Å². The van der Waals surface area contributed by atoms with E-state index in [0.29, 0.717) is 5.82 Å². The Hall–Kier alpha value is -2.75. The number of nitrogens with one attached hydrogen (secondary N) is 1. The van der Waals surface area contributed by atoms with Gasteiger partial charge < -0.3 is 4.98 Å². The molecule has 0 unspecified atom stereocenters. The molecule has 0 atom stereocenters. The van der Waals surface area contributed by atoms with Gasteiger partial charge in [-0.2, -0.15) is 0 Å². The Labute approximate surface area is 114 Å². The summed E-state index contributed by atoms with van der Waals surface area (Å²) in [6.07, 6.45) is 1.81. The van der Waals surface area contributed by atoms with E-state index in [1.165, 1.54) is 12.1 Å². The summed E-state index contributed by atoms with van der Waals surface area (Å²) < 4.78 is 12.9. The summed E-state index contributed by atoms with van der Waals surface area (Å²) in [5, 5.41) is 2.10. The normalized spacial score (nSPS) is 11.2. The zero-order chi connectivity index (χ0) is 13.5. The topological polar surface area (TPSA) is 41.6 Å². The van der Waals surface area contributed by atoms with E-state index in [9.17, 15) is 4.39 Å². The van der Waals surface area contributed by atoms with Crippen LogP contribution in [0, 0.1) is 5.82 Å². The Morgan fingerprint density at radius 2 is 1.70 bits per heavy atom. The highest BCUT2D eigenvalue weighted by Crippen LogP contribution is 2.25. The third kappa shape index (κ3) is 1.66. The number of nitrogens with zero attached hydrogens (tertiary/aromatic N) is 2. The minimum absolute atomic E-state index is 0.263. The Kier molecular flexibility index (Phi) is 2.29. The van der Waals surface area contributed by atoms with Crippen LogP contribution in [-0.4, -0.2) is 15.0 Å². The summed E-state index contributed by atoms with van der Waals surface area (Å²) >= 11 is 0. The molecule has 0 saturated carbocycles. The molecule has 0 spiro atoms. The van der Waals surface area contributed by atoms with Crippen LogP contribution in [0.3, 0.4) is 0 Å². The van der Waals surface area contributed by atoms with Gasteiger partial charge in [0.05, 0.1) is 0 Å². The lowest BCUT2D eigenvalue weighted by Gasteiger charge is -1.99. The van der Waals surface area contributed by atoms with Gasteiger partial charge in [0.15, 0.2) is 5.82 Å². The fourth-order valence-corrected chi connectivity index (χ4v) is 2.37. The predicted molar refractivity (Wildman–Crippen MR) is 76.8 cm³/mol. The molecule has 3 nitrogen and oxygen atoms in total. The van der Waals surface area contributed by atoms with E-state index < -0.39 is 0 Å². The van der Waals surface area contributed by atoms with Gasteiger partial charge in [0, 0.05) is 28.0 Å². The number of rotatable bonds is 1. The number of fused-ring (bicyclic) bond motifs is 3. The zero-order valence-corrected chi connectivity index (χ0v) is 10.5. The average Bonchev–Trinajstić information content (AvgIpc) is 2.85. The minimum atomic E-state index is -0.263. The first-order chi connectivity index (χ1) is 9.81. The van der Waals surface area contributed by atoms with Crippen molar-refractivity contribution >= 4 is 21.9 Å². The van der Waals surface area contributed by atoms with Gasteiger partial charge in [-0.3, -0.25) is 0 Å². The first-order valence-corrected chi connectivity index (χ1v) is 6.31. The van der Waals surface area contributed by atoms with E-state index in [1.54, 1.807) is 18.3 Å². The number of aromatic amines is 1. The van der Waals surface area contributed by atoms with Crippen molar-refractivity contribution in [2.24, 2.45) is 0 Å². The lowest BCUT2D eigenvalue weighted by atomic mass is 10.2. The monoisotopic (exact) mass is 263 g/mol. The van der Waals surface area contributed by atoms with Crippen LogP contribution in [0.15, 0.2) is 54.7 Å². The Balaban J connectivity index is 1.94. The van der Waals surface area contributed by atoms with Crippen molar-refractivity contribution in [1.82, 2.24) is 15.0 Å². The van der Waals surface area contributed by atoms with Crippen LogP contribution < -0.4 is 0 Å². The minimum Gasteiger partial charge on any atom is -0.339 e. The van der Waals surface area contributed by atoms with Gasteiger partial charge in [-0.1, -0.05) is 18.2 Å². The molecule has 2 aromatic carbocycles. The summed E-state index contributed by atoms with van der Waals surface area (Å²) in [4.78, 5) is 12.2. The molecule has 0 aliphatic rings. The highest BCUT2D eigenvalue weighted by atomic mass is 19.1. The summed E-state index contributed by atoms with van der Waals surface area (Å²) in [5.74, 6) is 0.324. The molecule has 96 valence electrons. The number of para-hydroxylation sites is 1. The summed E-state index contributed by atoms with van der Waals surface area (Å²) in [5.41, 5.74) is 2.63. The molecule has 0 aliphatic heterocycles. The molecular weight excluding hydrogens is 253 g/mol. The molecule has 0 aliphatic carbocycles. The first-order valence-electron chi connectivity index (χ1n) is 6.31. The molecule has 0 radical (unpaired) electrons. The summed E-state index contributed by atoms with van der Waals surface area (Å²) in [7, 11) is 0. The smallest absolute Gasteiger partial charge is 0.161 e. The van der Waals surface area contributed by atoms with E-state index in [0.717, 1.165) is 27.5 Å². The maximum absolute atomic E-state index is 12.9. The van der Waals surface area contributed by atoms with Crippen molar-refractivity contribution in [2.75, 3.05) is 0 Å². The number of halogens is 1. The van der Waals surface area contributed by atoms with Gasteiger partial charge in [-0.25, -0.2) is 14.4 Å². The van der Waals surface area contributed by atoms with Gasteiger partial charge in [0.1, 0.15) is 11.5 Å². The van der Waals surface area contributed by atoms with Crippen molar-refractivity contribution < 1.29 is 4.39 Å². The molecule has 4 rings (SSSR count). The number of H-pyrrole nitrogens is 1. The number of hydrogen-bond donors (Lipinski definition) is 1. The molecule has 2 heterocycles. The third-order valence-corrected chi connectivity index (χ3v) is 3.36. The van der Waals surface area contributed by atoms with Crippen molar-refractivity contribution in [1.29, 1.82) is 0 Å². The predicted octanol–water partition coefficient (Wildman–Crippen LogP) is 3.92. The first kappa shape index (κ1) is 11.1. The van der Waals surface area contributed by atoms with E-state index in [2.05, 4.69) is 15.0 Å². The van der Waals surface area contributed by atoms with Crippen LogP contribution >= 0.6 is 0 Å².